The van der Waals surface area contributed by atoms with E-state index in [1.807, 2.05) is 7.11 Å². The minimum Gasteiger partial charge on any atom is -0.417 e. The summed E-state index contributed by atoms with van der Waals surface area (Å²) in [7, 11) is 0.266. The molecule has 0 aliphatic heterocycles. The van der Waals surface area contributed by atoms with E-state index in [4.69, 9.17) is 9.16 Å². The monoisotopic (exact) mass is 272 g/mol. The second-order valence-corrected chi connectivity index (χ2v) is 12.2. The van der Waals surface area contributed by atoms with E-state index in [2.05, 4.69) is 33.9 Å². The average molecular weight is 273 g/mol. The SMILES string of the molecule is COC[C@H]1CC[C@H](CO[Si](C)(C)C(C)(C)C)CC1. The first-order valence-electron chi connectivity index (χ1n) is 7.39. The normalized spacial score (nSPS) is 26.3. The van der Waals surface area contributed by atoms with Gasteiger partial charge in [0.1, 0.15) is 0 Å². The summed E-state index contributed by atoms with van der Waals surface area (Å²) in [6.45, 7) is 13.6. The van der Waals surface area contributed by atoms with Crippen molar-refractivity contribution >= 4 is 8.32 Å². The van der Waals surface area contributed by atoms with E-state index in [0.717, 1.165) is 25.0 Å². The van der Waals surface area contributed by atoms with Gasteiger partial charge in [-0.05, 0) is 55.7 Å². The Morgan fingerprint density at radius 3 is 1.78 bits per heavy atom. The summed E-state index contributed by atoms with van der Waals surface area (Å²) < 4.78 is 11.6. The first kappa shape index (κ1) is 16.2. The van der Waals surface area contributed by atoms with Crippen LogP contribution in [0, 0.1) is 11.8 Å². The Kier molecular flexibility index (Phi) is 5.88. The van der Waals surface area contributed by atoms with Gasteiger partial charge in [-0.1, -0.05) is 20.8 Å². The molecule has 2 nitrogen and oxygen atoms in total. The van der Waals surface area contributed by atoms with Gasteiger partial charge >= 0.3 is 0 Å². The Labute approximate surface area is 115 Å². The Hall–Kier alpha value is 0.137. The van der Waals surface area contributed by atoms with Gasteiger partial charge in [-0.2, -0.15) is 0 Å². The predicted molar refractivity (Wildman–Crippen MR) is 80.5 cm³/mol. The lowest BCUT2D eigenvalue weighted by molar-refractivity contribution is 0.104. The molecule has 0 unspecified atom stereocenters. The van der Waals surface area contributed by atoms with Crippen LogP contribution in [0.3, 0.4) is 0 Å². The van der Waals surface area contributed by atoms with Crippen LogP contribution >= 0.6 is 0 Å². The van der Waals surface area contributed by atoms with E-state index >= 15 is 0 Å². The molecule has 1 aliphatic carbocycles. The van der Waals surface area contributed by atoms with Gasteiger partial charge in [-0.3, -0.25) is 0 Å². The third-order valence-corrected chi connectivity index (χ3v) is 9.36. The van der Waals surface area contributed by atoms with Crippen LogP contribution in [0.15, 0.2) is 0 Å². The Morgan fingerprint density at radius 2 is 1.39 bits per heavy atom. The summed E-state index contributed by atoms with van der Waals surface area (Å²) in [5, 5.41) is 0.334. The zero-order valence-corrected chi connectivity index (χ0v) is 14.2. The molecule has 1 aliphatic rings. The molecule has 0 aromatic heterocycles. The molecule has 3 heteroatoms. The molecule has 108 valence electrons. The number of methoxy groups -OCH3 is 1. The highest BCUT2D eigenvalue weighted by molar-refractivity contribution is 6.74. The second kappa shape index (κ2) is 6.53. The molecule has 0 heterocycles. The molecule has 1 fully saturated rings. The molecule has 0 amide bonds. The lowest BCUT2D eigenvalue weighted by Crippen LogP contribution is -2.42. The Morgan fingerprint density at radius 1 is 0.944 bits per heavy atom. The highest BCUT2D eigenvalue weighted by atomic mass is 28.4. The van der Waals surface area contributed by atoms with Crippen molar-refractivity contribution in [2.45, 2.75) is 64.6 Å². The van der Waals surface area contributed by atoms with Crippen LogP contribution in [0.2, 0.25) is 18.1 Å². The highest BCUT2D eigenvalue weighted by Crippen LogP contribution is 2.38. The fraction of sp³-hybridized carbons (Fsp3) is 1.00. The number of rotatable bonds is 5. The first-order valence-corrected chi connectivity index (χ1v) is 10.3. The minimum absolute atomic E-state index is 0.334. The summed E-state index contributed by atoms with van der Waals surface area (Å²) in [4.78, 5) is 0. The molecule has 0 atom stereocenters. The van der Waals surface area contributed by atoms with Crippen molar-refractivity contribution < 1.29 is 9.16 Å². The van der Waals surface area contributed by atoms with Crippen LogP contribution in [0.1, 0.15) is 46.5 Å². The molecule has 0 bridgehead atoms. The fourth-order valence-corrected chi connectivity index (χ4v) is 3.43. The highest BCUT2D eigenvalue weighted by Gasteiger charge is 2.37. The smallest absolute Gasteiger partial charge is 0.191 e. The maximum absolute atomic E-state index is 6.34. The minimum atomic E-state index is -1.55. The van der Waals surface area contributed by atoms with Crippen molar-refractivity contribution in [2.24, 2.45) is 11.8 Å². The van der Waals surface area contributed by atoms with Crippen LogP contribution in [-0.2, 0) is 9.16 Å². The van der Waals surface area contributed by atoms with Gasteiger partial charge in [0.2, 0.25) is 0 Å². The number of hydrogen-bond acceptors (Lipinski definition) is 2. The molecule has 0 spiro atoms. The zero-order valence-electron chi connectivity index (χ0n) is 13.2. The van der Waals surface area contributed by atoms with E-state index < -0.39 is 8.32 Å². The van der Waals surface area contributed by atoms with E-state index in [1.54, 1.807) is 0 Å². The van der Waals surface area contributed by atoms with Crippen molar-refractivity contribution in [3.05, 3.63) is 0 Å². The van der Waals surface area contributed by atoms with Gasteiger partial charge in [0.15, 0.2) is 8.32 Å². The Balaban J connectivity index is 2.30. The molecule has 0 N–H and O–H groups in total. The predicted octanol–water partition coefficient (Wildman–Crippen LogP) is 4.46. The molecular formula is C15H32O2Si. The molecule has 0 aromatic rings. The van der Waals surface area contributed by atoms with Crippen LogP contribution in [0.5, 0.6) is 0 Å². The first-order chi connectivity index (χ1) is 8.26. The summed E-state index contributed by atoms with van der Waals surface area (Å²) in [5.41, 5.74) is 0. The quantitative estimate of drug-likeness (QED) is 0.688. The summed E-state index contributed by atoms with van der Waals surface area (Å²) in [6.07, 6.45) is 5.28. The van der Waals surface area contributed by atoms with E-state index in [0.29, 0.717) is 5.04 Å². The van der Waals surface area contributed by atoms with Crippen molar-refractivity contribution in [1.82, 2.24) is 0 Å². The number of ether oxygens (including phenoxy) is 1. The Bertz CT molecular complexity index is 237. The maximum atomic E-state index is 6.34. The molecular weight excluding hydrogens is 240 g/mol. The van der Waals surface area contributed by atoms with Crippen LogP contribution in [-0.4, -0.2) is 28.6 Å². The van der Waals surface area contributed by atoms with Crippen molar-refractivity contribution in [2.75, 3.05) is 20.3 Å². The largest absolute Gasteiger partial charge is 0.417 e. The molecule has 1 saturated carbocycles. The standard InChI is InChI=1S/C15H32O2Si/c1-15(2,3)18(5,6)17-12-14-9-7-13(8-10-14)11-16-4/h13-14H,7-12H2,1-6H3/t13-,14-. The van der Waals surface area contributed by atoms with Gasteiger partial charge in [-0.15, -0.1) is 0 Å². The van der Waals surface area contributed by atoms with E-state index in [1.165, 1.54) is 25.7 Å². The van der Waals surface area contributed by atoms with Gasteiger partial charge in [0.05, 0.1) is 0 Å². The van der Waals surface area contributed by atoms with Crippen molar-refractivity contribution in [1.29, 1.82) is 0 Å². The summed E-state index contributed by atoms with van der Waals surface area (Å²) in [5.74, 6) is 1.58. The van der Waals surface area contributed by atoms with Gasteiger partial charge in [-0.25, -0.2) is 0 Å². The molecule has 0 radical (unpaired) electrons. The third kappa shape index (κ3) is 4.67. The number of hydrogen-bond donors (Lipinski definition) is 0. The van der Waals surface area contributed by atoms with E-state index in [9.17, 15) is 0 Å². The summed E-state index contributed by atoms with van der Waals surface area (Å²) in [6, 6.07) is 0. The fourth-order valence-electron chi connectivity index (χ4n) is 2.34. The maximum Gasteiger partial charge on any atom is 0.191 e. The van der Waals surface area contributed by atoms with Crippen LogP contribution in [0.25, 0.3) is 0 Å². The van der Waals surface area contributed by atoms with Gasteiger partial charge < -0.3 is 9.16 Å². The molecule has 0 aromatic carbocycles. The lowest BCUT2D eigenvalue weighted by Gasteiger charge is -2.38. The molecule has 1 rings (SSSR count). The molecule has 18 heavy (non-hydrogen) atoms. The average Bonchev–Trinajstić information content (AvgIpc) is 2.27. The van der Waals surface area contributed by atoms with Crippen molar-refractivity contribution in [3.8, 4) is 0 Å². The summed E-state index contributed by atoms with van der Waals surface area (Å²) >= 11 is 0. The molecule has 0 saturated heterocycles. The topological polar surface area (TPSA) is 18.5 Å². The van der Waals surface area contributed by atoms with Crippen molar-refractivity contribution in [3.63, 3.8) is 0 Å². The third-order valence-electron chi connectivity index (χ3n) is 4.85. The van der Waals surface area contributed by atoms with Gasteiger partial charge in [0, 0.05) is 20.3 Å². The lowest BCUT2D eigenvalue weighted by atomic mass is 9.83. The van der Waals surface area contributed by atoms with E-state index in [-0.39, 0.29) is 0 Å². The van der Waals surface area contributed by atoms with Gasteiger partial charge in [0.25, 0.3) is 0 Å². The van der Waals surface area contributed by atoms with Crippen LogP contribution in [0.4, 0.5) is 0 Å². The zero-order chi connectivity index (χ0) is 13.8. The van der Waals surface area contributed by atoms with Crippen LogP contribution < -0.4 is 0 Å². The second-order valence-electron chi connectivity index (χ2n) is 7.41.